The molecule has 2 N–H and O–H groups in total. The minimum absolute atomic E-state index is 0.726. The van der Waals surface area contributed by atoms with E-state index in [0.717, 1.165) is 123 Å². The second kappa shape index (κ2) is 29.1. The Balaban J connectivity index is 0. The van der Waals surface area contributed by atoms with Crippen molar-refractivity contribution in [3.8, 4) is 0 Å². The Labute approximate surface area is 233 Å². The van der Waals surface area contributed by atoms with Crippen molar-refractivity contribution in [3.05, 3.63) is 0 Å². The summed E-state index contributed by atoms with van der Waals surface area (Å²) in [6.07, 6.45) is 9.63. The van der Waals surface area contributed by atoms with Crippen molar-refractivity contribution in [3.63, 3.8) is 0 Å². The highest BCUT2D eigenvalue weighted by atomic mass is 28.4. The normalized spacial score (nSPS) is 12.0. The van der Waals surface area contributed by atoms with Crippen molar-refractivity contribution in [2.45, 2.75) is 111 Å². The molecule has 37 heavy (non-hydrogen) atoms. The molecular formula is C27H64N2O6Si2. The summed E-state index contributed by atoms with van der Waals surface area (Å²) in [6, 6.07) is 1.71. The van der Waals surface area contributed by atoms with Crippen LogP contribution >= 0.6 is 0 Å². The molecule has 0 aromatic carbocycles. The summed E-state index contributed by atoms with van der Waals surface area (Å²) in [6.45, 7) is 19.1. The van der Waals surface area contributed by atoms with E-state index in [2.05, 4.69) is 52.2 Å². The summed E-state index contributed by atoms with van der Waals surface area (Å²) >= 11 is 0. The first-order valence-corrected chi connectivity index (χ1v) is 19.0. The molecule has 0 aliphatic carbocycles. The van der Waals surface area contributed by atoms with Crippen LogP contribution < -0.4 is 10.6 Å². The highest BCUT2D eigenvalue weighted by Gasteiger charge is 2.41. The van der Waals surface area contributed by atoms with E-state index in [4.69, 9.17) is 26.6 Å². The van der Waals surface area contributed by atoms with Crippen LogP contribution in [0.5, 0.6) is 0 Å². The minimum atomic E-state index is -2.49. The fourth-order valence-corrected chi connectivity index (χ4v) is 8.52. The lowest BCUT2D eigenvalue weighted by molar-refractivity contribution is 0.0563. The SMILES string of the molecule is CCCCO[Si](CCNC)(OCCCC)OCCCC.CCCO[Si](CCNC)(OCCC)OCCC. The standard InChI is InChI=1S/C15H35NO3Si.C12H29NO3Si/c1-5-8-12-17-20(15-11-16-4,18-13-9-6-2)19-14-10-7-3;1-5-9-14-17(12-8-13-4,15-10-6-2)16-11-7-3/h16H,5-15H2,1-4H3;13H,5-12H2,1-4H3. The molecule has 8 nitrogen and oxygen atoms in total. The van der Waals surface area contributed by atoms with E-state index in [1.165, 1.54) is 0 Å². The van der Waals surface area contributed by atoms with Crippen LogP contribution in [0.25, 0.3) is 0 Å². The Morgan fingerprint density at radius 3 is 0.892 bits per heavy atom. The van der Waals surface area contributed by atoms with Gasteiger partial charge in [-0.15, -0.1) is 0 Å². The highest BCUT2D eigenvalue weighted by molar-refractivity contribution is 6.61. The van der Waals surface area contributed by atoms with Gasteiger partial charge >= 0.3 is 17.6 Å². The largest absolute Gasteiger partial charge is 0.502 e. The zero-order chi connectivity index (χ0) is 28.1. The van der Waals surface area contributed by atoms with E-state index in [-0.39, 0.29) is 0 Å². The van der Waals surface area contributed by atoms with E-state index >= 15 is 0 Å². The maximum Gasteiger partial charge on any atom is 0.502 e. The molecule has 0 amide bonds. The van der Waals surface area contributed by atoms with Gasteiger partial charge in [0, 0.05) is 51.7 Å². The second-order valence-corrected chi connectivity index (χ2v) is 14.7. The molecule has 0 bridgehead atoms. The van der Waals surface area contributed by atoms with E-state index in [0.29, 0.717) is 0 Å². The minimum Gasteiger partial charge on any atom is -0.373 e. The molecule has 0 saturated carbocycles. The maximum atomic E-state index is 6.12. The van der Waals surface area contributed by atoms with Crippen molar-refractivity contribution in [2.75, 3.05) is 66.8 Å². The lowest BCUT2D eigenvalue weighted by Crippen LogP contribution is -2.48. The quantitative estimate of drug-likeness (QED) is 0.0920. The summed E-state index contributed by atoms with van der Waals surface area (Å²) in [4.78, 5) is 0. The van der Waals surface area contributed by atoms with Gasteiger partial charge in [-0.25, -0.2) is 0 Å². The van der Waals surface area contributed by atoms with Crippen molar-refractivity contribution < 1.29 is 26.6 Å². The van der Waals surface area contributed by atoms with Gasteiger partial charge in [0.05, 0.1) is 0 Å². The fraction of sp³-hybridized carbons (Fsp3) is 1.00. The molecule has 0 radical (unpaired) electrons. The average molecular weight is 569 g/mol. The van der Waals surface area contributed by atoms with Crippen molar-refractivity contribution in [1.82, 2.24) is 10.6 Å². The van der Waals surface area contributed by atoms with Crippen LogP contribution in [0.15, 0.2) is 0 Å². The average Bonchev–Trinajstić information content (AvgIpc) is 2.92. The number of rotatable bonds is 27. The Hall–Kier alpha value is 0.114. The highest BCUT2D eigenvalue weighted by Crippen LogP contribution is 2.18. The van der Waals surface area contributed by atoms with Gasteiger partial charge in [0.2, 0.25) is 0 Å². The summed E-state index contributed by atoms with van der Waals surface area (Å²) in [5.74, 6) is 0. The molecule has 0 fully saturated rings. The van der Waals surface area contributed by atoms with Gasteiger partial charge in [-0.1, -0.05) is 60.8 Å². The van der Waals surface area contributed by atoms with Gasteiger partial charge < -0.3 is 37.2 Å². The third kappa shape index (κ3) is 22.6. The second-order valence-electron chi connectivity index (χ2n) is 9.22. The number of hydrogen-bond donors (Lipinski definition) is 2. The van der Waals surface area contributed by atoms with Gasteiger partial charge in [0.15, 0.2) is 0 Å². The van der Waals surface area contributed by atoms with Crippen LogP contribution in [0.1, 0.15) is 99.3 Å². The molecule has 10 heteroatoms. The summed E-state index contributed by atoms with van der Waals surface area (Å²) in [5.41, 5.74) is 0. The molecular weight excluding hydrogens is 504 g/mol. The summed E-state index contributed by atoms with van der Waals surface area (Å²) in [7, 11) is -1.03. The molecule has 226 valence electrons. The molecule has 0 aromatic rings. The maximum absolute atomic E-state index is 6.12. The van der Waals surface area contributed by atoms with Crippen LogP contribution in [-0.2, 0) is 26.6 Å². The zero-order valence-electron chi connectivity index (χ0n) is 25.9. The fourth-order valence-electron chi connectivity index (χ4n) is 3.13. The third-order valence-electron chi connectivity index (χ3n) is 5.40. The van der Waals surface area contributed by atoms with Crippen LogP contribution in [0, 0.1) is 0 Å². The zero-order valence-corrected chi connectivity index (χ0v) is 27.9. The van der Waals surface area contributed by atoms with Gasteiger partial charge in [0.25, 0.3) is 0 Å². The predicted molar refractivity (Wildman–Crippen MR) is 160 cm³/mol. The molecule has 0 heterocycles. The summed E-state index contributed by atoms with van der Waals surface area (Å²) < 4.78 is 36.2. The molecule has 0 rings (SSSR count). The molecule has 0 unspecified atom stereocenters. The van der Waals surface area contributed by atoms with Crippen LogP contribution in [0.4, 0.5) is 0 Å². The Kier molecular flexibility index (Phi) is 30.9. The molecule has 0 spiro atoms. The van der Waals surface area contributed by atoms with E-state index in [1.54, 1.807) is 0 Å². The van der Waals surface area contributed by atoms with Crippen LogP contribution in [0.2, 0.25) is 12.1 Å². The Bertz CT molecular complexity index is 389. The predicted octanol–water partition coefficient (Wildman–Crippen LogP) is 6.02. The van der Waals surface area contributed by atoms with Crippen molar-refractivity contribution in [1.29, 1.82) is 0 Å². The topological polar surface area (TPSA) is 79.4 Å². The van der Waals surface area contributed by atoms with Crippen LogP contribution in [0.3, 0.4) is 0 Å². The number of nitrogens with one attached hydrogen (secondary N) is 2. The number of hydrogen-bond acceptors (Lipinski definition) is 8. The molecule has 0 aromatic heterocycles. The Morgan fingerprint density at radius 2 is 0.676 bits per heavy atom. The van der Waals surface area contributed by atoms with Crippen LogP contribution in [-0.4, -0.2) is 84.4 Å². The lowest BCUT2D eigenvalue weighted by atomic mass is 10.4. The van der Waals surface area contributed by atoms with Gasteiger partial charge in [0.1, 0.15) is 0 Å². The molecule has 0 aliphatic heterocycles. The monoisotopic (exact) mass is 568 g/mol. The smallest absolute Gasteiger partial charge is 0.373 e. The Morgan fingerprint density at radius 1 is 0.405 bits per heavy atom. The van der Waals surface area contributed by atoms with Gasteiger partial charge in [-0.05, 0) is 65.7 Å². The van der Waals surface area contributed by atoms with E-state index in [9.17, 15) is 0 Å². The lowest BCUT2D eigenvalue weighted by Gasteiger charge is -2.30. The molecule has 0 aliphatic rings. The summed E-state index contributed by atoms with van der Waals surface area (Å²) in [5, 5.41) is 6.34. The van der Waals surface area contributed by atoms with E-state index in [1.807, 2.05) is 14.1 Å². The third-order valence-corrected chi connectivity index (χ3v) is 11.0. The van der Waals surface area contributed by atoms with Crippen molar-refractivity contribution >= 4 is 17.6 Å². The van der Waals surface area contributed by atoms with Gasteiger partial charge in [-0.3, -0.25) is 0 Å². The van der Waals surface area contributed by atoms with E-state index < -0.39 is 17.6 Å². The number of unbranched alkanes of at least 4 members (excludes halogenated alkanes) is 3. The van der Waals surface area contributed by atoms with Crippen molar-refractivity contribution in [2.24, 2.45) is 0 Å². The molecule has 0 saturated heterocycles. The first kappa shape index (κ1) is 39.3. The first-order chi connectivity index (χ1) is 18.0. The molecule has 0 atom stereocenters. The first-order valence-electron chi connectivity index (χ1n) is 15.1. The van der Waals surface area contributed by atoms with Gasteiger partial charge in [-0.2, -0.15) is 0 Å².